The Labute approximate surface area is 154 Å². The summed E-state index contributed by atoms with van der Waals surface area (Å²) in [5, 5.41) is 1.19. The van der Waals surface area contributed by atoms with Crippen LogP contribution in [-0.2, 0) is 4.79 Å². The van der Waals surface area contributed by atoms with Gasteiger partial charge in [-0.1, -0.05) is 35.5 Å². The van der Waals surface area contributed by atoms with Gasteiger partial charge in [0.1, 0.15) is 0 Å². The molecule has 25 heavy (non-hydrogen) atoms. The summed E-state index contributed by atoms with van der Waals surface area (Å²) < 4.78 is 19.0. The summed E-state index contributed by atoms with van der Waals surface area (Å²) in [5.41, 5.74) is 0.645. The lowest BCUT2D eigenvalue weighted by molar-refractivity contribution is -0.119. The van der Waals surface area contributed by atoms with Gasteiger partial charge in [-0.3, -0.25) is 14.7 Å². The molecule has 3 rings (SSSR count). The van der Waals surface area contributed by atoms with Gasteiger partial charge in [-0.2, -0.15) is 0 Å². The first kappa shape index (κ1) is 17.8. The predicted octanol–water partition coefficient (Wildman–Crippen LogP) is 4.38. The molecule has 2 aromatic carbocycles. The van der Waals surface area contributed by atoms with E-state index in [0.717, 1.165) is 5.75 Å². The number of thioether (sulfide) groups is 1. The topological polar surface area (TPSA) is 41.9 Å². The maximum atomic E-state index is 13.7. The number of rotatable bonds is 4. The van der Waals surface area contributed by atoms with Crippen LogP contribution in [0.25, 0.3) is 0 Å². The lowest BCUT2D eigenvalue weighted by Crippen LogP contribution is -2.38. The highest BCUT2D eigenvalue weighted by molar-refractivity contribution is 8.14. The molecular formula is C18H16ClFN2O2S. The van der Waals surface area contributed by atoms with Gasteiger partial charge in [0.2, 0.25) is 0 Å². The fraction of sp³-hybridized carbons (Fsp3) is 0.222. The monoisotopic (exact) mass is 378 g/mol. The van der Waals surface area contributed by atoms with Crippen molar-refractivity contribution in [2.45, 2.75) is 13.0 Å². The third kappa shape index (κ3) is 4.32. The van der Waals surface area contributed by atoms with Crippen molar-refractivity contribution < 1.29 is 13.9 Å². The molecular weight excluding hydrogens is 363 g/mol. The van der Waals surface area contributed by atoms with E-state index >= 15 is 0 Å². The fourth-order valence-electron chi connectivity index (χ4n) is 2.30. The fourth-order valence-corrected chi connectivity index (χ4v) is 3.48. The molecule has 7 heteroatoms. The summed E-state index contributed by atoms with van der Waals surface area (Å²) in [6.45, 7) is 1.69. The number of amides is 1. The SMILES string of the molecule is C[C@@H]1CSC(N(C(=O)COc2ccccc2F)c2ccc(Cl)cc2)=N1. The molecule has 1 heterocycles. The van der Waals surface area contributed by atoms with E-state index < -0.39 is 5.82 Å². The summed E-state index contributed by atoms with van der Waals surface area (Å²) in [5.74, 6) is 0.0164. The molecule has 1 atom stereocenters. The average molecular weight is 379 g/mol. The van der Waals surface area contributed by atoms with E-state index in [-0.39, 0.29) is 24.3 Å². The Morgan fingerprint density at radius 2 is 2.04 bits per heavy atom. The molecule has 0 aromatic heterocycles. The number of carbonyl (C=O) groups excluding carboxylic acids is 1. The summed E-state index contributed by atoms with van der Waals surface area (Å²) >= 11 is 7.44. The Bertz CT molecular complexity index is 798. The van der Waals surface area contributed by atoms with Crippen LogP contribution in [0.1, 0.15) is 6.92 Å². The van der Waals surface area contributed by atoms with Crippen molar-refractivity contribution in [2.24, 2.45) is 4.99 Å². The quantitative estimate of drug-likeness (QED) is 0.792. The second-order valence-corrected chi connectivity index (χ2v) is 6.92. The first-order valence-corrected chi connectivity index (χ1v) is 9.07. The zero-order chi connectivity index (χ0) is 17.8. The second-order valence-electron chi connectivity index (χ2n) is 5.50. The van der Waals surface area contributed by atoms with Crippen molar-refractivity contribution in [3.63, 3.8) is 0 Å². The lowest BCUT2D eigenvalue weighted by Gasteiger charge is -2.22. The van der Waals surface area contributed by atoms with Crippen LogP contribution >= 0.6 is 23.4 Å². The standard InChI is InChI=1S/C18H16ClFN2O2S/c1-12-11-25-18(21-12)22(14-8-6-13(19)7-9-14)17(23)10-24-16-5-3-2-4-15(16)20/h2-9,12H,10-11H2,1H3/t12-/m1/s1. The third-order valence-corrected chi connectivity index (χ3v) is 4.95. The van der Waals surface area contributed by atoms with Gasteiger partial charge in [0.05, 0.1) is 11.7 Å². The molecule has 0 saturated carbocycles. The van der Waals surface area contributed by atoms with Gasteiger partial charge in [-0.05, 0) is 43.3 Å². The number of aliphatic imine (C=N–C) groups is 1. The van der Waals surface area contributed by atoms with Crippen molar-refractivity contribution in [3.8, 4) is 5.75 Å². The first-order valence-electron chi connectivity index (χ1n) is 7.71. The largest absolute Gasteiger partial charge is 0.481 e. The molecule has 0 unspecified atom stereocenters. The molecule has 0 radical (unpaired) electrons. The molecule has 0 saturated heterocycles. The maximum Gasteiger partial charge on any atom is 0.271 e. The molecule has 4 nitrogen and oxygen atoms in total. The maximum absolute atomic E-state index is 13.7. The Morgan fingerprint density at radius 1 is 1.32 bits per heavy atom. The summed E-state index contributed by atoms with van der Waals surface area (Å²) in [6, 6.07) is 13.0. The van der Waals surface area contributed by atoms with E-state index in [0.29, 0.717) is 15.9 Å². The minimum atomic E-state index is -0.505. The minimum absolute atomic E-state index is 0.0429. The molecule has 0 fully saturated rings. The second kappa shape index (κ2) is 7.89. The first-order chi connectivity index (χ1) is 12.0. The van der Waals surface area contributed by atoms with Gasteiger partial charge in [-0.15, -0.1) is 0 Å². The number of carbonyl (C=O) groups is 1. The van der Waals surface area contributed by atoms with Crippen molar-refractivity contribution >= 4 is 40.1 Å². The van der Waals surface area contributed by atoms with Crippen LogP contribution in [0.3, 0.4) is 0 Å². The Hall–Kier alpha value is -2.05. The van der Waals surface area contributed by atoms with Crippen LogP contribution in [0.15, 0.2) is 53.5 Å². The molecule has 1 aliphatic heterocycles. The number of hydrogen-bond acceptors (Lipinski definition) is 4. The van der Waals surface area contributed by atoms with E-state index in [1.54, 1.807) is 36.4 Å². The van der Waals surface area contributed by atoms with E-state index in [1.165, 1.54) is 28.8 Å². The van der Waals surface area contributed by atoms with Crippen LogP contribution in [0.5, 0.6) is 5.75 Å². The van der Waals surface area contributed by atoms with Gasteiger partial charge in [0, 0.05) is 10.8 Å². The Morgan fingerprint density at radius 3 is 2.68 bits per heavy atom. The van der Waals surface area contributed by atoms with Crippen LogP contribution in [0.4, 0.5) is 10.1 Å². The summed E-state index contributed by atoms with van der Waals surface area (Å²) in [6.07, 6.45) is 0. The molecule has 0 N–H and O–H groups in total. The van der Waals surface area contributed by atoms with Crippen LogP contribution in [-0.4, -0.2) is 29.5 Å². The molecule has 0 aliphatic carbocycles. The van der Waals surface area contributed by atoms with Crippen molar-refractivity contribution in [1.29, 1.82) is 0 Å². The Balaban J connectivity index is 1.81. The van der Waals surface area contributed by atoms with Gasteiger partial charge in [-0.25, -0.2) is 4.39 Å². The smallest absolute Gasteiger partial charge is 0.271 e. The summed E-state index contributed by atoms with van der Waals surface area (Å²) in [4.78, 5) is 18.8. The molecule has 0 bridgehead atoms. The van der Waals surface area contributed by atoms with Crippen LogP contribution in [0.2, 0.25) is 5.02 Å². The minimum Gasteiger partial charge on any atom is -0.481 e. The molecule has 0 spiro atoms. The van der Waals surface area contributed by atoms with Crippen molar-refractivity contribution in [3.05, 3.63) is 59.4 Å². The predicted molar refractivity (Wildman–Crippen MR) is 100 cm³/mol. The number of anilines is 1. The van der Waals surface area contributed by atoms with Gasteiger partial charge in [0.25, 0.3) is 5.91 Å². The molecule has 1 aliphatic rings. The van der Waals surface area contributed by atoms with Gasteiger partial charge in [0.15, 0.2) is 23.3 Å². The average Bonchev–Trinajstić information content (AvgIpc) is 3.02. The van der Waals surface area contributed by atoms with Crippen molar-refractivity contribution in [2.75, 3.05) is 17.3 Å². The molecule has 130 valence electrons. The molecule has 2 aromatic rings. The third-order valence-electron chi connectivity index (χ3n) is 3.50. The number of hydrogen-bond donors (Lipinski definition) is 0. The number of ether oxygens (including phenoxy) is 1. The Kier molecular flexibility index (Phi) is 5.60. The van der Waals surface area contributed by atoms with E-state index in [9.17, 15) is 9.18 Å². The summed E-state index contributed by atoms with van der Waals surface area (Å²) in [7, 11) is 0. The van der Waals surface area contributed by atoms with Crippen molar-refractivity contribution in [1.82, 2.24) is 0 Å². The number of amidine groups is 1. The highest BCUT2D eigenvalue weighted by Crippen LogP contribution is 2.27. The number of halogens is 2. The van der Waals surface area contributed by atoms with Crippen LogP contribution in [0, 0.1) is 5.82 Å². The highest BCUT2D eigenvalue weighted by Gasteiger charge is 2.27. The normalized spacial score (nSPS) is 16.4. The lowest BCUT2D eigenvalue weighted by atomic mass is 10.3. The van der Waals surface area contributed by atoms with Gasteiger partial charge >= 0.3 is 0 Å². The zero-order valence-electron chi connectivity index (χ0n) is 13.5. The van der Waals surface area contributed by atoms with E-state index in [1.807, 2.05) is 6.92 Å². The van der Waals surface area contributed by atoms with E-state index in [4.69, 9.17) is 16.3 Å². The number of para-hydroxylation sites is 1. The zero-order valence-corrected chi connectivity index (χ0v) is 15.1. The number of benzene rings is 2. The van der Waals surface area contributed by atoms with Gasteiger partial charge < -0.3 is 4.74 Å². The number of nitrogens with zero attached hydrogens (tertiary/aromatic N) is 2. The highest BCUT2D eigenvalue weighted by atomic mass is 35.5. The molecule has 1 amide bonds. The van der Waals surface area contributed by atoms with Crippen LogP contribution < -0.4 is 9.64 Å². The van der Waals surface area contributed by atoms with E-state index in [2.05, 4.69) is 4.99 Å².